The standard InChI is InChI=1S/C22H32O5/c1-2-3-4-5-6-8-11-17(23)14-15-19-18(20(24)16-21(19)25)12-9-7-10-13-22(26)27/h3-4,6-9,14-15,17-19,21,23,25H,2,5,10-13,16H2,1H3,(H,26,27)/b4-3-,8-6-,9-7-,15-14+/t17-,18+,19-,21+/m0/s1. The molecule has 0 unspecified atom stereocenters. The SMILES string of the molecule is CC/C=C\C/C=C\C[C@H](O)/C=C/[C@@H]1[C@H](O)CC(=O)[C@@H]1C/C=C\CCC(=O)O. The first-order valence-corrected chi connectivity index (χ1v) is 9.69. The second-order valence-electron chi connectivity index (χ2n) is 6.84. The average molecular weight is 376 g/mol. The highest BCUT2D eigenvalue weighted by molar-refractivity contribution is 5.84. The number of rotatable bonds is 12. The lowest BCUT2D eigenvalue weighted by molar-refractivity contribution is -0.136. The van der Waals surface area contributed by atoms with Gasteiger partial charge in [-0.05, 0) is 32.1 Å². The molecule has 1 aliphatic rings. The third kappa shape index (κ3) is 9.50. The van der Waals surface area contributed by atoms with Gasteiger partial charge in [-0.25, -0.2) is 0 Å². The summed E-state index contributed by atoms with van der Waals surface area (Å²) in [6.07, 6.45) is 17.1. The van der Waals surface area contributed by atoms with Gasteiger partial charge in [-0.3, -0.25) is 9.59 Å². The maximum Gasteiger partial charge on any atom is 0.303 e. The Morgan fingerprint density at radius 3 is 2.63 bits per heavy atom. The van der Waals surface area contributed by atoms with Crippen molar-refractivity contribution in [2.45, 2.75) is 64.1 Å². The van der Waals surface area contributed by atoms with Crippen LogP contribution in [-0.4, -0.2) is 39.3 Å². The minimum Gasteiger partial charge on any atom is -0.481 e. The summed E-state index contributed by atoms with van der Waals surface area (Å²) in [7, 11) is 0. The molecule has 0 saturated heterocycles. The topological polar surface area (TPSA) is 94.8 Å². The molecule has 5 nitrogen and oxygen atoms in total. The van der Waals surface area contributed by atoms with Gasteiger partial charge >= 0.3 is 5.97 Å². The van der Waals surface area contributed by atoms with Crippen molar-refractivity contribution in [2.24, 2.45) is 11.8 Å². The van der Waals surface area contributed by atoms with Gasteiger partial charge in [-0.15, -0.1) is 0 Å². The van der Waals surface area contributed by atoms with Crippen molar-refractivity contribution in [3.05, 3.63) is 48.6 Å². The molecule has 1 rings (SSSR count). The first kappa shape index (κ1) is 23.1. The van der Waals surface area contributed by atoms with Crippen LogP contribution in [0, 0.1) is 11.8 Å². The van der Waals surface area contributed by atoms with Crippen LogP contribution in [0.5, 0.6) is 0 Å². The fraction of sp³-hybridized carbons (Fsp3) is 0.545. The van der Waals surface area contributed by atoms with E-state index in [1.807, 2.05) is 18.2 Å². The zero-order chi connectivity index (χ0) is 20.1. The monoisotopic (exact) mass is 376 g/mol. The van der Waals surface area contributed by atoms with E-state index < -0.39 is 18.2 Å². The predicted octanol–water partition coefficient (Wildman–Crippen LogP) is 3.58. The molecule has 27 heavy (non-hydrogen) atoms. The van der Waals surface area contributed by atoms with Gasteiger partial charge in [0.1, 0.15) is 5.78 Å². The van der Waals surface area contributed by atoms with Crippen LogP contribution < -0.4 is 0 Å². The van der Waals surface area contributed by atoms with Gasteiger partial charge in [0.05, 0.1) is 12.2 Å². The van der Waals surface area contributed by atoms with Crippen LogP contribution >= 0.6 is 0 Å². The summed E-state index contributed by atoms with van der Waals surface area (Å²) in [6, 6.07) is 0. The lowest BCUT2D eigenvalue weighted by Crippen LogP contribution is -2.18. The summed E-state index contributed by atoms with van der Waals surface area (Å²) in [6.45, 7) is 2.08. The predicted molar refractivity (Wildman–Crippen MR) is 106 cm³/mol. The van der Waals surface area contributed by atoms with Gasteiger partial charge in [-0.2, -0.15) is 0 Å². The molecule has 0 aromatic rings. The van der Waals surface area contributed by atoms with Gasteiger partial charge < -0.3 is 15.3 Å². The summed E-state index contributed by atoms with van der Waals surface area (Å²) < 4.78 is 0. The molecule has 0 aliphatic heterocycles. The largest absolute Gasteiger partial charge is 0.481 e. The second-order valence-corrected chi connectivity index (χ2v) is 6.84. The fourth-order valence-corrected chi connectivity index (χ4v) is 3.10. The van der Waals surface area contributed by atoms with E-state index in [1.54, 1.807) is 18.2 Å². The molecule has 3 N–H and O–H groups in total. The summed E-state index contributed by atoms with van der Waals surface area (Å²) in [5.74, 6) is -1.47. The van der Waals surface area contributed by atoms with E-state index in [4.69, 9.17) is 5.11 Å². The van der Waals surface area contributed by atoms with Gasteiger partial charge in [0, 0.05) is 24.7 Å². The van der Waals surface area contributed by atoms with Crippen LogP contribution in [0.25, 0.3) is 0 Å². The third-order valence-electron chi connectivity index (χ3n) is 4.59. The molecule has 1 aliphatic carbocycles. The zero-order valence-electron chi connectivity index (χ0n) is 16.0. The van der Waals surface area contributed by atoms with Crippen LogP contribution in [0.15, 0.2) is 48.6 Å². The number of hydrogen-bond donors (Lipinski definition) is 3. The first-order chi connectivity index (χ1) is 13.0. The Balaban J connectivity index is 2.50. The third-order valence-corrected chi connectivity index (χ3v) is 4.59. The Hall–Kier alpha value is -1.98. The van der Waals surface area contributed by atoms with Crippen LogP contribution in [0.2, 0.25) is 0 Å². The Labute approximate surface area is 161 Å². The Morgan fingerprint density at radius 2 is 1.93 bits per heavy atom. The quantitative estimate of drug-likeness (QED) is 0.453. The van der Waals surface area contributed by atoms with Crippen LogP contribution in [0.1, 0.15) is 51.9 Å². The van der Waals surface area contributed by atoms with E-state index in [-0.39, 0.29) is 30.5 Å². The first-order valence-electron chi connectivity index (χ1n) is 9.69. The number of allylic oxidation sites excluding steroid dienone is 5. The molecule has 1 saturated carbocycles. The number of carboxylic acids is 1. The minimum atomic E-state index is -0.850. The zero-order valence-corrected chi connectivity index (χ0v) is 16.0. The summed E-state index contributed by atoms with van der Waals surface area (Å²) in [5.41, 5.74) is 0. The average Bonchev–Trinajstić information content (AvgIpc) is 2.88. The van der Waals surface area contributed by atoms with Crippen molar-refractivity contribution in [2.75, 3.05) is 0 Å². The van der Waals surface area contributed by atoms with Gasteiger partial charge in [0.25, 0.3) is 0 Å². The normalized spacial score (nSPS) is 24.9. The Kier molecular flexibility index (Phi) is 11.3. The number of aliphatic hydroxyl groups excluding tert-OH is 2. The van der Waals surface area contributed by atoms with E-state index in [0.29, 0.717) is 19.3 Å². The number of carbonyl (C=O) groups is 2. The number of aliphatic hydroxyl groups is 2. The molecular formula is C22H32O5. The summed E-state index contributed by atoms with van der Waals surface area (Å²) >= 11 is 0. The van der Waals surface area contributed by atoms with Crippen LogP contribution in [0.4, 0.5) is 0 Å². The molecule has 0 amide bonds. The molecule has 5 heteroatoms. The van der Waals surface area contributed by atoms with Crippen molar-refractivity contribution in [1.29, 1.82) is 0 Å². The number of carbonyl (C=O) groups excluding carboxylic acids is 1. The van der Waals surface area contributed by atoms with E-state index in [1.165, 1.54) is 0 Å². The highest BCUT2D eigenvalue weighted by Gasteiger charge is 2.39. The highest BCUT2D eigenvalue weighted by Crippen LogP contribution is 2.33. The van der Waals surface area contributed by atoms with Gasteiger partial charge in [0.15, 0.2) is 0 Å². The van der Waals surface area contributed by atoms with Crippen molar-refractivity contribution >= 4 is 11.8 Å². The highest BCUT2D eigenvalue weighted by atomic mass is 16.4. The van der Waals surface area contributed by atoms with E-state index >= 15 is 0 Å². The lowest BCUT2D eigenvalue weighted by Gasteiger charge is -2.16. The molecular weight excluding hydrogens is 344 g/mol. The lowest BCUT2D eigenvalue weighted by atomic mass is 9.90. The number of carboxylic acid groups (broad SMARTS) is 1. The minimum absolute atomic E-state index is 0.0112. The second kappa shape index (κ2) is 13.2. The van der Waals surface area contributed by atoms with Gasteiger partial charge in [0.2, 0.25) is 0 Å². The maximum atomic E-state index is 12.1. The molecule has 0 bridgehead atoms. The van der Waals surface area contributed by atoms with Crippen molar-refractivity contribution in [3.63, 3.8) is 0 Å². The van der Waals surface area contributed by atoms with Crippen molar-refractivity contribution in [1.82, 2.24) is 0 Å². The summed E-state index contributed by atoms with van der Waals surface area (Å²) in [4.78, 5) is 22.6. The fourth-order valence-electron chi connectivity index (χ4n) is 3.10. The number of hydrogen-bond acceptors (Lipinski definition) is 4. The van der Waals surface area contributed by atoms with Gasteiger partial charge in [-0.1, -0.05) is 55.5 Å². The molecule has 0 aromatic heterocycles. The van der Waals surface area contributed by atoms with Crippen LogP contribution in [-0.2, 0) is 9.59 Å². The molecule has 1 fully saturated rings. The molecule has 150 valence electrons. The molecule has 0 radical (unpaired) electrons. The van der Waals surface area contributed by atoms with Crippen molar-refractivity contribution in [3.8, 4) is 0 Å². The number of aliphatic carboxylic acids is 1. The Morgan fingerprint density at radius 1 is 1.19 bits per heavy atom. The van der Waals surface area contributed by atoms with E-state index in [2.05, 4.69) is 19.1 Å². The summed E-state index contributed by atoms with van der Waals surface area (Å²) in [5, 5.41) is 28.8. The van der Waals surface area contributed by atoms with Crippen LogP contribution in [0.3, 0.4) is 0 Å². The molecule has 0 spiro atoms. The molecule has 0 heterocycles. The smallest absolute Gasteiger partial charge is 0.303 e. The molecule has 4 atom stereocenters. The van der Waals surface area contributed by atoms with E-state index in [0.717, 1.165) is 12.8 Å². The maximum absolute atomic E-state index is 12.1. The molecule has 0 aromatic carbocycles. The number of ketones is 1. The Bertz CT molecular complexity index is 573. The van der Waals surface area contributed by atoms with E-state index in [9.17, 15) is 19.8 Å². The number of Topliss-reactive ketones (excluding diaryl/α,β-unsaturated/α-hetero) is 1. The van der Waals surface area contributed by atoms with Crippen molar-refractivity contribution < 1.29 is 24.9 Å².